The molecule has 66 heavy (non-hydrogen) atoms. The summed E-state index contributed by atoms with van der Waals surface area (Å²) in [4.78, 5) is 0. The zero-order valence-electron chi connectivity index (χ0n) is 36.4. The first-order valence-electron chi connectivity index (χ1n) is 22.8. The third-order valence-corrected chi connectivity index (χ3v) is 13.3. The van der Waals surface area contributed by atoms with Crippen LogP contribution in [0.4, 0.5) is 0 Å². The van der Waals surface area contributed by atoms with E-state index in [0.717, 1.165) is 0 Å². The molecule has 0 saturated heterocycles. The summed E-state index contributed by atoms with van der Waals surface area (Å²) in [6.07, 6.45) is 4.41. The maximum Gasteiger partial charge on any atom is -0.00262 e. The molecule has 0 aromatic heterocycles. The van der Waals surface area contributed by atoms with Crippen LogP contribution in [0.2, 0.25) is 0 Å². The van der Waals surface area contributed by atoms with Crippen molar-refractivity contribution in [3.63, 3.8) is 0 Å². The summed E-state index contributed by atoms with van der Waals surface area (Å²) in [5.74, 6) is 0. The fourth-order valence-corrected chi connectivity index (χ4v) is 10.1. The van der Waals surface area contributed by atoms with Gasteiger partial charge < -0.3 is 0 Å². The van der Waals surface area contributed by atoms with Gasteiger partial charge in [0.2, 0.25) is 0 Å². The van der Waals surface area contributed by atoms with E-state index in [2.05, 4.69) is 267 Å². The molecule has 0 N–H and O–H groups in total. The van der Waals surface area contributed by atoms with Crippen LogP contribution in [0, 0.1) is 0 Å². The van der Waals surface area contributed by atoms with Gasteiger partial charge in [-0.25, -0.2) is 0 Å². The summed E-state index contributed by atoms with van der Waals surface area (Å²) in [5, 5.41) is 10.1. The molecule has 0 atom stereocenters. The highest BCUT2D eigenvalue weighted by atomic mass is 14.2. The van der Waals surface area contributed by atoms with Crippen molar-refractivity contribution >= 4 is 55.2 Å². The predicted octanol–water partition coefficient (Wildman–Crippen LogP) is 18.5. The Kier molecular flexibility index (Phi) is 9.97. The van der Waals surface area contributed by atoms with Crippen molar-refractivity contribution in [2.75, 3.05) is 0 Å². The predicted molar refractivity (Wildman–Crippen MR) is 284 cm³/mol. The molecule has 0 amide bonds. The van der Waals surface area contributed by atoms with Crippen LogP contribution in [0.5, 0.6) is 0 Å². The molecule has 0 radical (unpaired) electrons. The SMILES string of the molecule is C(=Cc1ccc(-c2ccc3c(-c4ccccc4)c4ccccc4c(-c4ccccc4)c3c2)cc1)c1ccc(-c2ccc(-c3c4ccccc4c(-c4ccccc4)c4ccccc34)cc2)cc1. The standard InChI is InChI=1S/C66H44/c1-4-16-50(17-5-1)63-55-22-10-12-24-57(55)65(58-25-13-11-23-56(58)63)53-40-38-48(39-41-53)47-34-30-45(31-35-47)28-29-46-32-36-49(37-33-46)54-42-43-61-62(44-54)66(52-20-8-3-9-21-52)60-27-15-14-26-59(60)64(61)51-18-6-2-7-19-51/h1-44H. The van der Waals surface area contributed by atoms with E-state index in [-0.39, 0.29) is 0 Å². The van der Waals surface area contributed by atoms with Gasteiger partial charge in [-0.05, 0) is 127 Å². The maximum absolute atomic E-state index is 2.39. The van der Waals surface area contributed by atoms with Crippen LogP contribution >= 0.6 is 0 Å². The van der Waals surface area contributed by atoms with Crippen LogP contribution in [0.1, 0.15) is 11.1 Å². The molecular weight excluding hydrogens is 793 g/mol. The molecule has 0 heteroatoms. The van der Waals surface area contributed by atoms with Crippen molar-refractivity contribution in [3.05, 3.63) is 266 Å². The van der Waals surface area contributed by atoms with E-state index in [1.165, 1.54) is 121 Å². The highest BCUT2D eigenvalue weighted by Gasteiger charge is 2.19. The minimum Gasteiger partial charge on any atom is -0.0622 e. The third kappa shape index (κ3) is 7.06. The lowest BCUT2D eigenvalue weighted by Crippen LogP contribution is -1.91. The molecule has 12 rings (SSSR count). The second kappa shape index (κ2) is 16.8. The minimum atomic E-state index is 1.17. The maximum atomic E-state index is 2.39. The fourth-order valence-electron chi connectivity index (χ4n) is 10.1. The van der Waals surface area contributed by atoms with E-state index in [1.807, 2.05) is 0 Å². The van der Waals surface area contributed by atoms with Gasteiger partial charge in [0, 0.05) is 0 Å². The molecule has 0 saturated carbocycles. The van der Waals surface area contributed by atoms with Crippen LogP contribution in [0.3, 0.4) is 0 Å². The molecule has 0 unspecified atom stereocenters. The largest absolute Gasteiger partial charge is 0.0622 e. The van der Waals surface area contributed by atoms with E-state index < -0.39 is 0 Å². The first-order valence-corrected chi connectivity index (χ1v) is 22.8. The lowest BCUT2D eigenvalue weighted by atomic mass is 9.85. The first kappa shape index (κ1) is 39.0. The average Bonchev–Trinajstić information content (AvgIpc) is 3.40. The normalized spacial score (nSPS) is 11.6. The number of fused-ring (bicyclic) bond motifs is 4. The van der Waals surface area contributed by atoms with Crippen LogP contribution in [-0.2, 0) is 0 Å². The third-order valence-electron chi connectivity index (χ3n) is 13.3. The van der Waals surface area contributed by atoms with Crippen molar-refractivity contribution < 1.29 is 0 Å². The van der Waals surface area contributed by atoms with Gasteiger partial charge in [-0.2, -0.15) is 0 Å². The number of hydrogen-bond acceptors (Lipinski definition) is 0. The van der Waals surface area contributed by atoms with E-state index in [1.54, 1.807) is 0 Å². The van der Waals surface area contributed by atoms with Gasteiger partial charge in [-0.1, -0.05) is 261 Å². The molecule has 0 nitrogen and oxygen atoms in total. The molecule has 12 aromatic carbocycles. The first-order chi connectivity index (χ1) is 32.7. The summed E-state index contributed by atoms with van der Waals surface area (Å²) in [5.41, 5.74) is 17.2. The molecular formula is C66H44. The summed E-state index contributed by atoms with van der Waals surface area (Å²) in [6, 6.07) is 92.9. The quantitative estimate of drug-likeness (QED) is 0.106. The highest BCUT2D eigenvalue weighted by molar-refractivity contribution is 6.23. The zero-order valence-corrected chi connectivity index (χ0v) is 36.4. The van der Waals surface area contributed by atoms with Gasteiger partial charge in [0.05, 0.1) is 0 Å². The Morgan fingerprint density at radius 1 is 0.167 bits per heavy atom. The smallest absolute Gasteiger partial charge is 0.00262 e. The summed E-state index contributed by atoms with van der Waals surface area (Å²) < 4.78 is 0. The van der Waals surface area contributed by atoms with Crippen molar-refractivity contribution in [1.29, 1.82) is 0 Å². The molecule has 0 bridgehead atoms. The van der Waals surface area contributed by atoms with Crippen molar-refractivity contribution in [2.24, 2.45) is 0 Å². The Morgan fingerprint density at radius 3 is 0.773 bits per heavy atom. The molecule has 308 valence electrons. The van der Waals surface area contributed by atoms with Crippen LogP contribution in [0.25, 0.3) is 122 Å². The second-order valence-corrected chi connectivity index (χ2v) is 17.1. The zero-order chi connectivity index (χ0) is 43.8. The van der Waals surface area contributed by atoms with Crippen molar-refractivity contribution in [1.82, 2.24) is 0 Å². The van der Waals surface area contributed by atoms with Gasteiger partial charge in [-0.3, -0.25) is 0 Å². The van der Waals surface area contributed by atoms with Crippen LogP contribution < -0.4 is 0 Å². The van der Waals surface area contributed by atoms with E-state index in [9.17, 15) is 0 Å². The number of rotatable bonds is 8. The summed E-state index contributed by atoms with van der Waals surface area (Å²) in [6.45, 7) is 0. The summed E-state index contributed by atoms with van der Waals surface area (Å²) in [7, 11) is 0. The van der Waals surface area contributed by atoms with E-state index in [4.69, 9.17) is 0 Å². The van der Waals surface area contributed by atoms with Gasteiger partial charge >= 0.3 is 0 Å². The topological polar surface area (TPSA) is 0 Å². The van der Waals surface area contributed by atoms with Gasteiger partial charge in [0.15, 0.2) is 0 Å². The monoisotopic (exact) mass is 836 g/mol. The van der Waals surface area contributed by atoms with Crippen LogP contribution in [-0.4, -0.2) is 0 Å². The Morgan fingerprint density at radius 2 is 0.409 bits per heavy atom. The fraction of sp³-hybridized carbons (Fsp3) is 0. The Balaban J connectivity index is 0.818. The summed E-state index contributed by atoms with van der Waals surface area (Å²) >= 11 is 0. The Labute approximate surface area is 386 Å². The second-order valence-electron chi connectivity index (χ2n) is 17.1. The average molecular weight is 837 g/mol. The molecule has 0 fully saturated rings. The lowest BCUT2D eigenvalue weighted by Gasteiger charge is -2.18. The van der Waals surface area contributed by atoms with E-state index >= 15 is 0 Å². The molecule has 0 spiro atoms. The Bertz CT molecular complexity index is 3680. The van der Waals surface area contributed by atoms with Gasteiger partial charge in [-0.15, -0.1) is 0 Å². The highest BCUT2D eigenvalue weighted by Crippen LogP contribution is 2.46. The molecule has 0 heterocycles. The van der Waals surface area contributed by atoms with Crippen molar-refractivity contribution in [2.45, 2.75) is 0 Å². The van der Waals surface area contributed by atoms with Gasteiger partial charge in [0.1, 0.15) is 0 Å². The van der Waals surface area contributed by atoms with Gasteiger partial charge in [0.25, 0.3) is 0 Å². The van der Waals surface area contributed by atoms with Crippen LogP contribution in [0.15, 0.2) is 255 Å². The minimum absolute atomic E-state index is 1.17. The molecule has 0 aliphatic heterocycles. The lowest BCUT2D eigenvalue weighted by molar-refractivity contribution is 1.59. The Hall–Kier alpha value is -8.58. The number of hydrogen-bond donors (Lipinski definition) is 0. The molecule has 0 aliphatic carbocycles. The number of benzene rings is 12. The van der Waals surface area contributed by atoms with Crippen molar-refractivity contribution in [3.8, 4) is 66.8 Å². The molecule has 12 aromatic rings. The van der Waals surface area contributed by atoms with E-state index in [0.29, 0.717) is 0 Å². The molecule has 0 aliphatic rings.